The zero-order chi connectivity index (χ0) is 17.7. The van der Waals surface area contributed by atoms with E-state index >= 15 is 0 Å². The zero-order valence-corrected chi connectivity index (χ0v) is 15.7. The van der Waals surface area contributed by atoms with Gasteiger partial charge >= 0.3 is 0 Å². The number of benzene rings is 1. The number of carbonyl (C=O) groups is 2. The van der Waals surface area contributed by atoms with Crippen LogP contribution < -0.4 is 5.32 Å². The summed E-state index contributed by atoms with van der Waals surface area (Å²) in [5, 5.41) is 3.12. The fraction of sp³-hybridized carbons (Fsp3) is 0.556. The lowest BCUT2D eigenvalue weighted by Crippen LogP contribution is -2.51. The number of thioether (sulfide) groups is 1. The lowest BCUT2D eigenvalue weighted by molar-refractivity contribution is -0.138. The minimum atomic E-state index is -0.358. The molecule has 2 rings (SSSR count). The number of hydrogen-bond acceptors (Lipinski definition) is 4. The van der Waals surface area contributed by atoms with E-state index in [-0.39, 0.29) is 29.9 Å². The van der Waals surface area contributed by atoms with Gasteiger partial charge in [0.2, 0.25) is 11.8 Å². The highest BCUT2D eigenvalue weighted by Crippen LogP contribution is 2.24. The van der Waals surface area contributed by atoms with Gasteiger partial charge in [0, 0.05) is 18.2 Å². The van der Waals surface area contributed by atoms with E-state index in [1.54, 1.807) is 16.7 Å². The number of rotatable bonds is 6. The standard InChI is InChI=1S/C18H27N3O2S/c1-5-16(22)21-12-24-11-15(21)18(23)19-13(2)17(20(3)4)14-9-7-6-8-10-14/h6-10,13,15,17H,5,11-12H2,1-4H3,(H,19,23). The van der Waals surface area contributed by atoms with Crippen molar-refractivity contribution in [1.29, 1.82) is 0 Å². The van der Waals surface area contributed by atoms with E-state index in [0.717, 1.165) is 5.56 Å². The second kappa shape index (κ2) is 8.53. The molecule has 24 heavy (non-hydrogen) atoms. The van der Waals surface area contributed by atoms with E-state index in [2.05, 4.69) is 22.3 Å². The Morgan fingerprint density at radius 2 is 2.00 bits per heavy atom. The summed E-state index contributed by atoms with van der Waals surface area (Å²) in [6.07, 6.45) is 0.435. The van der Waals surface area contributed by atoms with Gasteiger partial charge in [-0.1, -0.05) is 37.3 Å². The second-order valence-electron chi connectivity index (χ2n) is 6.35. The Morgan fingerprint density at radius 3 is 2.58 bits per heavy atom. The Balaban J connectivity index is 2.08. The molecular weight excluding hydrogens is 322 g/mol. The van der Waals surface area contributed by atoms with Gasteiger partial charge in [-0.15, -0.1) is 11.8 Å². The first-order valence-electron chi connectivity index (χ1n) is 8.34. The Labute approximate surface area is 148 Å². The van der Waals surface area contributed by atoms with Crippen LogP contribution in [-0.4, -0.2) is 59.4 Å². The molecule has 132 valence electrons. The molecule has 0 radical (unpaired) electrons. The van der Waals surface area contributed by atoms with Gasteiger partial charge in [-0.2, -0.15) is 0 Å². The minimum Gasteiger partial charge on any atom is -0.350 e. The van der Waals surface area contributed by atoms with Crippen molar-refractivity contribution < 1.29 is 9.59 Å². The lowest BCUT2D eigenvalue weighted by atomic mass is 9.99. The first-order valence-corrected chi connectivity index (χ1v) is 9.50. The highest BCUT2D eigenvalue weighted by Gasteiger charge is 2.35. The molecule has 1 fully saturated rings. The topological polar surface area (TPSA) is 52.7 Å². The van der Waals surface area contributed by atoms with E-state index < -0.39 is 0 Å². The van der Waals surface area contributed by atoms with Gasteiger partial charge in [0.25, 0.3) is 0 Å². The van der Waals surface area contributed by atoms with Crippen LogP contribution in [0.2, 0.25) is 0 Å². The summed E-state index contributed by atoms with van der Waals surface area (Å²) >= 11 is 1.63. The summed E-state index contributed by atoms with van der Waals surface area (Å²) in [6.45, 7) is 3.85. The van der Waals surface area contributed by atoms with Crippen molar-refractivity contribution in [1.82, 2.24) is 15.1 Å². The normalized spacial score (nSPS) is 20.0. The van der Waals surface area contributed by atoms with Gasteiger partial charge < -0.3 is 15.1 Å². The Hall–Kier alpha value is -1.53. The van der Waals surface area contributed by atoms with E-state index in [9.17, 15) is 9.59 Å². The maximum absolute atomic E-state index is 12.7. The Bertz CT molecular complexity index is 565. The fourth-order valence-corrected chi connectivity index (χ4v) is 4.37. The highest BCUT2D eigenvalue weighted by atomic mass is 32.2. The van der Waals surface area contributed by atoms with Crippen LogP contribution in [0.1, 0.15) is 31.9 Å². The summed E-state index contributed by atoms with van der Waals surface area (Å²) in [6, 6.07) is 9.83. The van der Waals surface area contributed by atoms with Crippen molar-refractivity contribution in [2.45, 2.75) is 38.4 Å². The number of carbonyl (C=O) groups excluding carboxylic acids is 2. The third-order valence-corrected chi connectivity index (χ3v) is 5.36. The average Bonchev–Trinajstić information content (AvgIpc) is 3.04. The summed E-state index contributed by atoms with van der Waals surface area (Å²) in [5.74, 6) is 1.26. The summed E-state index contributed by atoms with van der Waals surface area (Å²) < 4.78 is 0. The molecule has 6 heteroatoms. The fourth-order valence-electron chi connectivity index (χ4n) is 3.19. The van der Waals surface area contributed by atoms with Crippen LogP contribution in [0.25, 0.3) is 0 Å². The molecule has 0 saturated carbocycles. The predicted octanol–water partition coefficient (Wildman–Crippen LogP) is 2.11. The van der Waals surface area contributed by atoms with Gasteiger partial charge in [0.1, 0.15) is 6.04 Å². The van der Waals surface area contributed by atoms with Crippen LogP contribution in [0.15, 0.2) is 30.3 Å². The summed E-state index contributed by atoms with van der Waals surface area (Å²) in [7, 11) is 4.03. The molecule has 1 aliphatic heterocycles. The molecule has 3 atom stereocenters. The first kappa shape index (κ1) is 18.8. The van der Waals surface area contributed by atoms with Crippen molar-refractivity contribution in [2.24, 2.45) is 0 Å². The van der Waals surface area contributed by atoms with Gasteiger partial charge in [-0.05, 0) is 26.6 Å². The van der Waals surface area contributed by atoms with Crippen LogP contribution >= 0.6 is 11.8 Å². The van der Waals surface area contributed by atoms with Gasteiger partial charge in [-0.3, -0.25) is 9.59 Å². The van der Waals surface area contributed by atoms with Crippen molar-refractivity contribution in [2.75, 3.05) is 25.7 Å². The van der Waals surface area contributed by atoms with Gasteiger partial charge in [0.05, 0.1) is 11.9 Å². The molecule has 3 unspecified atom stereocenters. The largest absolute Gasteiger partial charge is 0.350 e. The molecular formula is C18H27N3O2S. The van der Waals surface area contributed by atoms with Crippen molar-refractivity contribution in [3.05, 3.63) is 35.9 Å². The molecule has 1 aliphatic rings. The zero-order valence-electron chi connectivity index (χ0n) is 14.9. The minimum absolute atomic E-state index is 0.0417. The van der Waals surface area contributed by atoms with E-state index in [0.29, 0.717) is 18.1 Å². The smallest absolute Gasteiger partial charge is 0.243 e. The highest BCUT2D eigenvalue weighted by molar-refractivity contribution is 7.99. The molecule has 2 amide bonds. The first-order chi connectivity index (χ1) is 11.5. The molecule has 1 aromatic rings. The molecule has 0 aromatic heterocycles. The molecule has 5 nitrogen and oxygen atoms in total. The van der Waals surface area contributed by atoms with E-state index in [1.165, 1.54) is 0 Å². The summed E-state index contributed by atoms with van der Waals surface area (Å²) in [5.41, 5.74) is 1.16. The average molecular weight is 350 g/mol. The quantitative estimate of drug-likeness (QED) is 0.855. The number of nitrogens with one attached hydrogen (secondary N) is 1. The number of likely N-dealkylation sites (N-methyl/N-ethyl adjacent to an activating group) is 1. The molecule has 0 spiro atoms. The number of nitrogens with zero attached hydrogens (tertiary/aromatic N) is 2. The Morgan fingerprint density at radius 1 is 1.33 bits per heavy atom. The predicted molar refractivity (Wildman–Crippen MR) is 98.7 cm³/mol. The van der Waals surface area contributed by atoms with E-state index in [4.69, 9.17) is 0 Å². The number of hydrogen-bond donors (Lipinski definition) is 1. The van der Waals surface area contributed by atoms with E-state index in [1.807, 2.05) is 46.1 Å². The van der Waals surface area contributed by atoms with Crippen LogP contribution in [-0.2, 0) is 9.59 Å². The molecule has 1 saturated heterocycles. The van der Waals surface area contributed by atoms with Crippen molar-refractivity contribution >= 4 is 23.6 Å². The Kier molecular flexibility index (Phi) is 6.69. The van der Waals surface area contributed by atoms with Crippen molar-refractivity contribution in [3.63, 3.8) is 0 Å². The third kappa shape index (κ3) is 4.30. The van der Waals surface area contributed by atoms with Crippen LogP contribution in [0.5, 0.6) is 0 Å². The maximum atomic E-state index is 12.7. The maximum Gasteiger partial charge on any atom is 0.243 e. The molecule has 1 heterocycles. The monoisotopic (exact) mass is 349 g/mol. The second-order valence-corrected chi connectivity index (χ2v) is 7.35. The molecule has 0 bridgehead atoms. The van der Waals surface area contributed by atoms with Crippen LogP contribution in [0.3, 0.4) is 0 Å². The van der Waals surface area contributed by atoms with Crippen LogP contribution in [0, 0.1) is 0 Å². The lowest BCUT2D eigenvalue weighted by Gasteiger charge is -2.32. The molecule has 1 aromatic carbocycles. The molecule has 1 N–H and O–H groups in total. The third-order valence-electron chi connectivity index (χ3n) is 4.35. The SMILES string of the molecule is CCC(=O)N1CSCC1C(=O)NC(C)C(c1ccccc1)N(C)C. The van der Waals surface area contributed by atoms with Gasteiger partial charge in [-0.25, -0.2) is 0 Å². The molecule has 0 aliphatic carbocycles. The van der Waals surface area contributed by atoms with Gasteiger partial charge in [0.15, 0.2) is 0 Å². The van der Waals surface area contributed by atoms with Crippen LogP contribution in [0.4, 0.5) is 0 Å². The van der Waals surface area contributed by atoms with Crippen molar-refractivity contribution in [3.8, 4) is 0 Å². The summed E-state index contributed by atoms with van der Waals surface area (Å²) in [4.78, 5) is 28.5. The number of amides is 2.